The first-order valence-corrected chi connectivity index (χ1v) is 11.5. The highest BCUT2D eigenvalue weighted by atomic mass is 35.5. The van der Waals surface area contributed by atoms with Crippen LogP contribution < -0.4 is 14.8 Å². The number of hydrogen-bond acceptors (Lipinski definition) is 6. The number of carbonyl (C=O) groups is 1. The number of anilines is 1. The molecule has 2 aromatic rings. The van der Waals surface area contributed by atoms with Crippen molar-refractivity contribution in [2.24, 2.45) is 0 Å². The Morgan fingerprint density at radius 1 is 1.16 bits per heavy atom. The summed E-state index contributed by atoms with van der Waals surface area (Å²) in [5.41, 5.74) is 0.202. The standard InChI is InChI=1S/C20H20ClFN2O6S/c21-16-9-12(1-2-17(16)22)23-20(26)15-10-14(11-18-19(15)30-8-7-29-18)31(27,28)24-5-3-13(25)4-6-24/h1-2,9-11,13,25H,3-8H2,(H,23,26). The number of hydrogen-bond donors (Lipinski definition) is 2. The molecule has 2 N–H and O–H groups in total. The lowest BCUT2D eigenvalue weighted by Gasteiger charge is -2.29. The van der Waals surface area contributed by atoms with Crippen molar-refractivity contribution in [3.05, 3.63) is 46.7 Å². The van der Waals surface area contributed by atoms with E-state index in [4.69, 9.17) is 21.1 Å². The molecule has 8 nitrogen and oxygen atoms in total. The molecular formula is C20H20ClFN2O6S. The number of halogens is 2. The number of amides is 1. The Morgan fingerprint density at radius 2 is 1.87 bits per heavy atom. The number of sulfonamides is 1. The molecule has 0 atom stereocenters. The van der Waals surface area contributed by atoms with E-state index in [1.807, 2.05) is 0 Å². The first-order valence-electron chi connectivity index (χ1n) is 9.64. The molecule has 1 amide bonds. The van der Waals surface area contributed by atoms with E-state index in [1.165, 1.54) is 28.6 Å². The lowest BCUT2D eigenvalue weighted by Crippen LogP contribution is -2.40. The Hall–Kier alpha value is -2.40. The van der Waals surface area contributed by atoms with Gasteiger partial charge in [0.25, 0.3) is 5.91 Å². The minimum absolute atomic E-state index is 0.0340. The van der Waals surface area contributed by atoms with Crippen LogP contribution in [0.3, 0.4) is 0 Å². The Morgan fingerprint density at radius 3 is 2.58 bits per heavy atom. The number of aliphatic hydroxyl groups excluding tert-OH is 1. The van der Waals surface area contributed by atoms with E-state index in [1.54, 1.807) is 0 Å². The topological polar surface area (TPSA) is 105 Å². The SMILES string of the molecule is O=C(Nc1ccc(F)c(Cl)c1)c1cc(S(=O)(=O)N2CCC(O)CC2)cc2c1OCCO2. The van der Waals surface area contributed by atoms with Gasteiger partial charge in [-0.15, -0.1) is 0 Å². The third-order valence-corrected chi connectivity index (χ3v) is 7.27. The van der Waals surface area contributed by atoms with E-state index in [0.29, 0.717) is 12.8 Å². The summed E-state index contributed by atoms with van der Waals surface area (Å²) >= 11 is 5.77. The zero-order valence-electron chi connectivity index (χ0n) is 16.3. The van der Waals surface area contributed by atoms with Gasteiger partial charge in [-0.05, 0) is 37.1 Å². The number of rotatable bonds is 4. The minimum Gasteiger partial charge on any atom is -0.486 e. The molecule has 0 aromatic heterocycles. The minimum atomic E-state index is -3.92. The molecule has 166 valence electrons. The summed E-state index contributed by atoms with van der Waals surface area (Å²) in [6, 6.07) is 6.26. The van der Waals surface area contributed by atoms with Gasteiger partial charge in [0, 0.05) is 24.8 Å². The maximum atomic E-state index is 13.4. The van der Waals surface area contributed by atoms with Crippen LogP contribution in [0, 0.1) is 5.82 Å². The smallest absolute Gasteiger partial charge is 0.259 e. The Labute approximate surface area is 183 Å². The molecule has 4 rings (SSSR count). The first-order chi connectivity index (χ1) is 14.8. The van der Waals surface area contributed by atoms with E-state index in [-0.39, 0.29) is 59.0 Å². The molecule has 0 saturated carbocycles. The van der Waals surface area contributed by atoms with Crippen LogP contribution in [0.25, 0.3) is 0 Å². The van der Waals surface area contributed by atoms with Crippen LogP contribution in [-0.4, -0.2) is 56.1 Å². The van der Waals surface area contributed by atoms with Gasteiger partial charge in [0.1, 0.15) is 19.0 Å². The molecule has 2 heterocycles. The number of benzene rings is 2. The van der Waals surface area contributed by atoms with Crippen LogP contribution in [-0.2, 0) is 10.0 Å². The van der Waals surface area contributed by atoms with Crippen LogP contribution in [0.2, 0.25) is 5.02 Å². The largest absolute Gasteiger partial charge is 0.486 e. The molecule has 2 aliphatic rings. The van der Waals surface area contributed by atoms with Crippen molar-refractivity contribution in [1.29, 1.82) is 0 Å². The molecule has 11 heteroatoms. The van der Waals surface area contributed by atoms with Gasteiger partial charge in [-0.1, -0.05) is 11.6 Å². The Kier molecular flexibility index (Phi) is 6.07. The van der Waals surface area contributed by atoms with E-state index in [2.05, 4.69) is 5.32 Å². The molecule has 1 saturated heterocycles. The maximum absolute atomic E-state index is 13.4. The van der Waals surface area contributed by atoms with Crippen molar-refractivity contribution in [2.45, 2.75) is 23.8 Å². The number of nitrogens with one attached hydrogen (secondary N) is 1. The summed E-state index contributed by atoms with van der Waals surface area (Å²) in [7, 11) is -3.92. The summed E-state index contributed by atoms with van der Waals surface area (Å²) in [5, 5.41) is 12.1. The van der Waals surface area contributed by atoms with Crippen LogP contribution in [0.5, 0.6) is 11.5 Å². The van der Waals surface area contributed by atoms with Gasteiger partial charge < -0.3 is 19.9 Å². The molecular weight excluding hydrogens is 451 g/mol. The number of ether oxygens (including phenoxy) is 2. The van der Waals surface area contributed by atoms with Crippen molar-refractivity contribution in [3.63, 3.8) is 0 Å². The second kappa shape index (κ2) is 8.62. The van der Waals surface area contributed by atoms with Crippen molar-refractivity contribution in [1.82, 2.24) is 4.31 Å². The van der Waals surface area contributed by atoms with Gasteiger partial charge in [-0.2, -0.15) is 4.31 Å². The van der Waals surface area contributed by atoms with E-state index >= 15 is 0 Å². The second-order valence-corrected chi connectivity index (χ2v) is 9.56. The average Bonchev–Trinajstić information content (AvgIpc) is 2.75. The van der Waals surface area contributed by atoms with Gasteiger partial charge in [0.05, 0.1) is 21.6 Å². The van der Waals surface area contributed by atoms with Gasteiger partial charge >= 0.3 is 0 Å². The molecule has 0 unspecified atom stereocenters. The van der Waals surface area contributed by atoms with Crippen molar-refractivity contribution in [3.8, 4) is 11.5 Å². The fraction of sp³-hybridized carbons (Fsp3) is 0.350. The van der Waals surface area contributed by atoms with E-state index < -0.39 is 27.9 Å². The average molecular weight is 471 g/mol. The van der Waals surface area contributed by atoms with Crippen molar-refractivity contribution < 1.29 is 32.2 Å². The Balaban J connectivity index is 1.70. The highest BCUT2D eigenvalue weighted by molar-refractivity contribution is 7.89. The molecule has 31 heavy (non-hydrogen) atoms. The molecule has 0 aliphatic carbocycles. The number of fused-ring (bicyclic) bond motifs is 1. The molecule has 2 aromatic carbocycles. The third kappa shape index (κ3) is 4.47. The molecule has 0 radical (unpaired) electrons. The second-order valence-electron chi connectivity index (χ2n) is 7.21. The lowest BCUT2D eigenvalue weighted by atomic mass is 10.1. The van der Waals surface area contributed by atoms with Crippen LogP contribution in [0.1, 0.15) is 23.2 Å². The number of nitrogens with zero attached hydrogens (tertiary/aromatic N) is 1. The third-order valence-electron chi connectivity index (χ3n) is 5.10. The lowest BCUT2D eigenvalue weighted by molar-refractivity contribution is 0.101. The predicted molar refractivity (Wildman–Crippen MR) is 111 cm³/mol. The van der Waals surface area contributed by atoms with Crippen LogP contribution >= 0.6 is 11.6 Å². The van der Waals surface area contributed by atoms with Gasteiger partial charge in [-0.25, -0.2) is 12.8 Å². The van der Waals surface area contributed by atoms with Gasteiger partial charge in [0.2, 0.25) is 10.0 Å². The molecule has 1 fully saturated rings. The summed E-state index contributed by atoms with van der Waals surface area (Å²) in [6.07, 6.45) is 0.140. The maximum Gasteiger partial charge on any atom is 0.259 e. The van der Waals surface area contributed by atoms with Crippen LogP contribution in [0.4, 0.5) is 10.1 Å². The summed E-state index contributed by atoms with van der Waals surface area (Å²) in [6.45, 7) is 0.758. The summed E-state index contributed by atoms with van der Waals surface area (Å²) in [5.74, 6) is -1.01. The molecule has 0 spiro atoms. The van der Waals surface area contributed by atoms with Crippen molar-refractivity contribution in [2.75, 3.05) is 31.6 Å². The fourth-order valence-electron chi connectivity index (χ4n) is 3.45. The zero-order valence-corrected chi connectivity index (χ0v) is 17.9. The normalized spacial score (nSPS) is 17.4. The summed E-state index contributed by atoms with van der Waals surface area (Å²) < 4.78 is 52.1. The fourth-order valence-corrected chi connectivity index (χ4v) is 5.14. The number of piperidine rings is 1. The van der Waals surface area contributed by atoms with E-state index in [9.17, 15) is 22.7 Å². The van der Waals surface area contributed by atoms with Crippen molar-refractivity contribution >= 4 is 33.2 Å². The van der Waals surface area contributed by atoms with E-state index in [0.717, 1.165) is 6.07 Å². The highest BCUT2D eigenvalue weighted by Gasteiger charge is 2.32. The Bertz CT molecular complexity index is 1120. The quantitative estimate of drug-likeness (QED) is 0.711. The number of carbonyl (C=O) groups excluding carboxylic acids is 1. The van der Waals surface area contributed by atoms with Crippen LogP contribution in [0.15, 0.2) is 35.2 Å². The van der Waals surface area contributed by atoms with Gasteiger partial charge in [-0.3, -0.25) is 4.79 Å². The summed E-state index contributed by atoms with van der Waals surface area (Å²) in [4.78, 5) is 12.8. The molecule has 0 bridgehead atoms. The highest BCUT2D eigenvalue weighted by Crippen LogP contribution is 2.38. The van der Waals surface area contributed by atoms with Gasteiger partial charge in [0.15, 0.2) is 11.5 Å². The number of aliphatic hydroxyl groups is 1. The predicted octanol–water partition coefficient (Wildman–Crippen LogP) is 2.65. The molecule has 2 aliphatic heterocycles. The first kappa shape index (κ1) is 21.8. The monoisotopic (exact) mass is 470 g/mol. The zero-order chi connectivity index (χ0) is 22.2.